The van der Waals surface area contributed by atoms with Gasteiger partial charge in [0.15, 0.2) is 0 Å². The first-order valence-corrected chi connectivity index (χ1v) is 12.8. The van der Waals surface area contributed by atoms with E-state index < -0.39 is 12.4 Å². The van der Waals surface area contributed by atoms with Gasteiger partial charge in [-0.25, -0.2) is 24.1 Å². The predicted molar refractivity (Wildman–Crippen MR) is 149 cm³/mol. The van der Waals surface area contributed by atoms with Crippen LogP contribution in [0.2, 0.25) is 0 Å². The van der Waals surface area contributed by atoms with Gasteiger partial charge in [-0.15, -0.1) is 13.2 Å². The Bertz CT molecular complexity index is 1700. The number of para-hydroxylation sites is 1. The molecule has 0 spiro atoms. The summed E-state index contributed by atoms with van der Waals surface area (Å²) >= 11 is 0.855. The van der Waals surface area contributed by atoms with Crippen LogP contribution in [0.25, 0.3) is 27.8 Å². The second-order valence-electron chi connectivity index (χ2n) is 8.88. The highest BCUT2D eigenvalue weighted by molar-refractivity contribution is 7.96. The molecule has 0 atom stereocenters. The number of imidazole rings is 1. The number of aromatic nitrogens is 4. The predicted octanol–water partition coefficient (Wildman–Crippen LogP) is 6.79. The Morgan fingerprint density at radius 3 is 2.58 bits per heavy atom. The van der Waals surface area contributed by atoms with Crippen LogP contribution in [0, 0.1) is 0 Å². The second-order valence-corrected chi connectivity index (χ2v) is 9.47. The van der Waals surface area contributed by atoms with Crippen LogP contribution >= 0.6 is 12.1 Å². The number of hydrogen-bond donors (Lipinski definition) is 2. The van der Waals surface area contributed by atoms with Crippen molar-refractivity contribution in [2.45, 2.75) is 26.1 Å². The zero-order valence-corrected chi connectivity index (χ0v) is 22.0. The SMILES string of the molecule is CC(C)c1ccccc1NC(=O)NS/N=C\c1cnc2c(ccc3c2ncn3-c2ccc(OC(F)(F)F)cc2)n1. The van der Waals surface area contributed by atoms with Gasteiger partial charge in [0.2, 0.25) is 0 Å². The number of fused-ring (bicyclic) bond motifs is 3. The molecule has 0 aliphatic carbocycles. The molecule has 0 fully saturated rings. The number of amides is 2. The number of halogens is 3. The molecule has 5 rings (SSSR count). The van der Waals surface area contributed by atoms with E-state index in [-0.39, 0.29) is 11.7 Å². The van der Waals surface area contributed by atoms with Crippen molar-refractivity contribution in [3.63, 3.8) is 0 Å². The van der Waals surface area contributed by atoms with Gasteiger partial charge in [-0.05, 0) is 53.9 Å². The lowest BCUT2D eigenvalue weighted by atomic mass is 10.0. The summed E-state index contributed by atoms with van der Waals surface area (Å²) < 4.78 is 49.8. The Morgan fingerprint density at radius 2 is 1.82 bits per heavy atom. The van der Waals surface area contributed by atoms with E-state index in [4.69, 9.17) is 0 Å². The molecule has 0 aliphatic rings. The molecule has 9 nitrogen and oxygen atoms in total. The number of benzene rings is 3. The molecule has 0 unspecified atom stereocenters. The number of carbonyl (C=O) groups is 1. The third kappa shape index (κ3) is 6.15. The maximum absolute atomic E-state index is 12.4. The van der Waals surface area contributed by atoms with Crippen LogP contribution in [-0.4, -0.2) is 38.1 Å². The molecule has 0 radical (unpaired) electrons. The fourth-order valence-electron chi connectivity index (χ4n) is 4.06. The highest BCUT2D eigenvalue weighted by atomic mass is 32.2. The van der Waals surface area contributed by atoms with Gasteiger partial charge in [0.25, 0.3) is 0 Å². The molecule has 0 bridgehead atoms. The van der Waals surface area contributed by atoms with E-state index in [0.717, 1.165) is 23.4 Å². The number of alkyl halides is 3. The summed E-state index contributed by atoms with van der Waals surface area (Å²) in [6, 6.07) is 16.3. The quantitative estimate of drug-likeness (QED) is 0.166. The Morgan fingerprint density at radius 1 is 1.05 bits per heavy atom. The molecular weight excluding hydrogens is 543 g/mol. The molecule has 0 saturated heterocycles. The van der Waals surface area contributed by atoms with E-state index in [1.807, 2.05) is 24.3 Å². The molecule has 2 aromatic heterocycles. The van der Waals surface area contributed by atoms with Gasteiger partial charge in [0, 0.05) is 11.4 Å². The highest BCUT2D eigenvalue weighted by Gasteiger charge is 2.31. The van der Waals surface area contributed by atoms with Crippen molar-refractivity contribution in [1.29, 1.82) is 0 Å². The number of anilines is 1. The Kier molecular flexibility index (Phi) is 7.56. The minimum Gasteiger partial charge on any atom is -0.406 e. The maximum atomic E-state index is 12.4. The number of rotatable bonds is 7. The standard InChI is InChI=1S/C27H22F3N7O2S/c1-16(2)20-5-3-4-6-21(20)35-26(38)36-40-33-14-17-13-31-24-22(34-17)11-12-23-25(24)32-15-37(23)18-7-9-19(10-8-18)39-27(28,29)30/h3-16H,1-2H3,(H2,35,36,38)/b33-14-. The molecule has 5 aromatic rings. The first-order chi connectivity index (χ1) is 19.2. The molecule has 2 heterocycles. The Balaban J connectivity index is 1.26. The number of ether oxygens (including phenoxy) is 1. The average Bonchev–Trinajstić information content (AvgIpc) is 3.35. The molecule has 13 heteroatoms. The average molecular weight is 566 g/mol. The van der Waals surface area contributed by atoms with E-state index in [0.29, 0.717) is 33.4 Å². The topological polar surface area (TPSA) is 106 Å². The van der Waals surface area contributed by atoms with Gasteiger partial charge in [-0.1, -0.05) is 32.0 Å². The van der Waals surface area contributed by atoms with Gasteiger partial charge >= 0.3 is 12.4 Å². The van der Waals surface area contributed by atoms with Crippen molar-refractivity contribution < 1.29 is 22.7 Å². The Labute approximate surface area is 230 Å². The highest BCUT2D eigenvalue weighted by Crippen LogP contribution is 2.27. The van der Waals surface area contributed by atoms with Crippen molar-refractivity contribution in [2.24, 2.45) is 4.40 Å². The number of hydrogen-bond acceptors (Lipinski definition) is 7. The lowest BCUT2D eigenvalue weighted by Crippen LogP contribution is -2.23. The van der Waals surface area contributed by atoms with Gasteiger partial charge in [-0.3, -0.25) is 9.29 Å². The molecule has 2 N–H and O–H groups in total. The van der Waals surface area contributed by atoms with Crippen molar-refractivity contribution in [3.8, 4) is 11.4 Å². The normalized spacial score (nSPS) is 11.9. The lowest BCUT2D eigenvalue weighted by molar-refractivity contribution is -0.274. The van der Waals surface area contributed by atoms with Crippen molar-refractivity contribution in [1.82, 2.24) is 24.2 Å². The minimum atomic E-state index is -4.76. The van der Waals surface area contributed by atoms with E-state index in [1.54, 1.807) is 23.0 Å². The zero-order valence-electron chi connectivity index (χ0n) is 21.2. The van der Waals surface area contributed by atoms with Crippen LogP contribution < -0.4 is 14.8 Å². The smallest absolute Gasteiger partial charge is 0.406 e. The summed E-state index contributed by atoms with van der Waals surface area (Å²) in [4.78, 5) is 25.7. The summed E-state index contributed by atoms with van der Waals surface area (Å²) in [7, 11) is 0. The minimum absolute atomic E-state index is 0.261. The summed E-state index contributed by atoms with van der Waals surface area (Å²) in [5.74, 6) is -0.0476. The van der Waals surface area contributed by atoms with Crippen LogP contribution in [0.1, 0.15) is 31.0 Å². The van der Waals surface area contributed by atoms with E-state index in [1.165, 1.54) is 36.7 Å². The summed E-state index contributed by atoms with van der Waals surface area (Å²) in [5, 5.41) is 2.82. The molecule has 0 saturated carbocycles. The van der Waals surface area contributed by atoms with Crippen LogP contribution in [-0.2, 0) is 0 Å². The number of nitrogens with one attached hydrogen (secondary N) is 2. The number of nitrogens with zero attached hydrogens (tertiary/aromatic N) is 5. The van der Waals surface area contributed by atoms with Crippen LogP contribution in [0.4, 0.5) is 23.7 Å². The first kappa shape index (κ1) is 26.9. The summed E-state index contributed by atoms with van der Waals surface area (Å²) in [6.07, 6.45) is -0.179. The molecule has 0 aliphatic heterocycles. The van der Waals surface area contributed by atoms with Crippen LogP contribution in [0.5, 0.6) is 5.75 Å². The zero-order chi connectivity index (χ0) is 28.3. The summed E-state index contributed by atoms with van der Waals surface area (Å²) in [5.41, 5.74) is 5.28. The van der Waals surface area contributed by atoms with E-state index >= 15 is 0 Å². The van der Waals surface area contributed by atoms with E-state index in [9.17, 15) is 18.0 Å². The maximum Gasteiger partial charge on any atom is 0.573 e. The number of carbonyl (C=O) groups excluding carboxylic acids is 1. The Hall–Kier alpha value is -4.65. The fourth-order valence-corrected chi connectivity index (χ4v) is 4.41. The van der Waals surface area contributed by atoms with Gasteiger partial charge in [0.1, 0.15) is 28.8 Å². The van der Waals surface area contributed by atoms with Gasteiger partial charge in [0.05, 0.1) is 35.6 Å². The third-order valence-corrected chi connectivity index (χ3v) is 6.29. The molecule has 204 valence electrons. The lowest BCUT2D eigenvalue weighted by Gasteiger charge is -2.13. The molecular formula is C27H22F3N7O2S. The van der Waals surface area contributed by atoms with Crippen molar-refractivity contribution in [2.75, 3.05) is 5.32 Å². The molecule has 3 aromatic carbocycles. The van der Waals surface area contributed by atoms with Crippen LogP contribution in [0.15, 0.2) is 77.6 Å². The third-order valence-electron chi connectivity index (χ3n) is 5.80. The molecule has 2 amide bonds. The number of urea groups is 1. The fraction of sp³-hybridized carbons (Fsp3) is 0.148. The van der Waals surface area contributed by atoms with Gasteiger partial charge < -0.3 is 10.1 Å². The first-order valence-electron chi connectivity index (χ1n) is 12.0. The molecule has 40 heavy (non-hydrogen) atoms. The van der Waals surface area contributed by atoms with E-state index in [2.05, 4.69) is 48.0 Å². The summed E-state index contributed by atoms with van der Waals surface area (Å²) in [6.45, 7) is 4.11. The van der Waals surface area contributed by atoms with Crippen LogP contribution in [0.3, 0.4) is 0 Å². The largest absolute Gasteiger partial charge is 0.573 e. The second kappa shape index (κ2) is 11.2. The van der Waals surface area contributed by atoms with Gasteiger partial charge in [-0.2, -0.15) is 0 Å². The van der Waals surface area contributed by atoms with Crippen molar-refractivity contribution in [3.05, 3.63) is 84.4 Å². The monoisotopic (exact) mass is 565 g/mol. The van der Waals surface area contributed by atoms with Crippen molar-refractivity contribution >= 4 is 52.1 Å².